The van der Waals surface area contributed by atoms with E-state index in [0.29, 0.717) is 23.1 Å². The van der Waals surface area contributed by atoms with E-state index in [-0.39, 0.29) is 36.9 Å². The predicted molar refractivity (Wildman–Crippen MR) is 165 cm³/mol. The van der Waals surface area contributed by atoms with Crippen molar-refractivity contribution in [3.63, 3.8) is 0 Å². The Kier molecular flexibility index (Phi) is 11.6. The van der Waals surface area contributed by atoms with Crippen LogP contribution in [0.25, 0.3) is 0 Å². The van der Waals surface area contributed by atoms with Crippen molar-refractivity contribution in [3.05, 3.63) is 95.1 Å². The lowest BCUT2D eigenvalue weighted by atomic mass is 9.98. The minimum Gasteiger partial charge on any atom is -0.508 e. The molecule has 0 spiro atoms. The average molecular weight is 590 g/mol. The van der Waals surface area contributed by atoms with E-state index in [4.69, 9.17) is 4.74 Å². The largest absolute Gasteiger partial charge is 0.508 e. The third-order valence-corrected chi connectivity index (χ3v) is 6.81. The van der Waals surface area contributed by atoms with E-state index in [1.807, 2.05) is 37.3 Å². The maximum atomic E-state index is 14.4. The van der Waals surface area contributed by atoms with Gasteiger partial charge in [0.1, 0.15) is 29.2 Å². The van der Waals surface area contributed by atoms with Crippen molar-refractivity contribution < 1.29 is 29.3 Å². The van der Waals surface area contributed by atoms with Gasteiger partial charge in [0, 0.05) is 19.5 Å². The van der Waals surface area contributed by atoms with Crippen molar-refractivity contribution in [1.29, 1.82) is 0 Å². The second-order valence-electron chi connectivity index (χ2n) is 11.6. The van der Waals surface area contributed by atoms with E-state index in [0.717, 1.165) is 12.0 Å². The first-order valence-electron chi connectivity index (χ1n) is 14.6. The molecule has 9 heteroatoms. The SMILES string of the molecule is CCCCN(C(=O)C(Cc1ccc(O)cc1)NC(=O)OC(C)(C)C)C(C(=O)NCc1ccccc1)c1ccc(O)c(C)c1. The molecule has 2 unspecified atom stereocenters. The molecule has 0 radical (unpaired) electrons. The normalized spacial score (nSPS) is 12.6. The number of ether oxygens (including phenoxy) is 1. The minimum atomic E-state index is -1.07. The number of hydrogen-bond donors (Lipinski definition) is 4. The number of unbranched alkanes of at least 4 members (excludes halogenated alkanes) is 1. The highest BCUT2D eigenvalue weighted by Gasteiger charge is 2.36. The first kappa shape index (κ1) is 33.0. The van der Waals surface area contributed by atoms with Crippen LogP contribution in [0.15, 0.2) is 72.8 Å². The summed E-state index contributed by atoms with van der Waals surface area (Å²) in [7, 11) is 0. The van der Waals surface area contributed by atoms with Crippen LogP contribution in [0.3, 0.4) is 0 Å². The third kappa shape index (κ3) is 10.1. The van der Waals surface area contributed by atoms with Gasteiger partial charge in [-0.15, -0.1) is 0 Å². The average Bonchev–Trinajstić information content (AvgIpc) is 2.95. The van der Waals surface area contributed by atoms with Gasteiger partial charge in [0.15, 0.2) is 0 Å². The third-order valence-electron chi connectivity index (χ3n) is 6.81. The van der Waals surface area contributed by atoms with Crippen molar-refractivity contribution in [1.82, 2.24) is 15.5 Å². The van der Waals surface area contributed by atoms with Crippen molar-refractivity contribution >= 4 is 17.9 Å². The fourth-order valence-electron chi connectivity index (χ4n) is 4.62. The van der Waals surface area contributed by atoms with E-state index in [1.165, 1.54) is 23.1 Å². The van der Waals surface area contributed by atoms with Gasteiger partial charge in [-0.3, -0.25) is 9.59 Å². The van der Waals surface area contributed by atoms with Gasteiger partial charge in [-0.05, 0) is 80.6 Å². The number of nitrogens with zero attached hydrogens (tertiary/aromatic N) is 1. The molecule has 3 rings (SSSR count). The molecular formula is C34H43N3O6. The zero-order valence-electron chi connectivity index (χ0n) is 25.6. The molecule has 2 atom stereocenters. The fourth-order valence-corrected chi connectivity index (χ4v) is 4.62. The van der Waals surface area contributed by atoms with Crippen LogP contribution < -0.4 is 10.6 Å². The van der Waals surface area contributed by atoms with Gasteiger partial charge in [-0.1, -0.05) is 61.9 Å². The van der Waals surface area contributed by atoms with E-state index in [9.17, 15) is 24.6 Å². The van der Waals surface area contributed by atoms with Crippen molar-refractivity contribution in [2.75, 3.05) is 6.54 Å². The molecule has 230 valence electrons. The Morgan fingerprint density at radius 1 is 0.930 bits per heavy atom. The number of carbonyl (C=O) groups is 3. The lowest BCUT2D eigenvalue weighted by Crippen LogP contribution is -2.54. The second-order valence-corrected chi connectivity index (χ2v) is 11.6. The Morgan fingerprint density at radius 2 is 1.60 bits per heavy atom. The van der Waals surface area contributed by atoms with Crippen molar-refractivity contribution in [3.8, 4) is 11.5 Å². The zero-order chi connectivity index (χ0) is 31.6. The Morgan fingerprint density at radius 3 is 2.21 bits per heavy atom. The van der Waals surface area contributed by atoms with Gasteiger partial charge in [0.05, 0.1) is 0 Å². The van der Waals surface area contributed by atoms with Crippen LogP contribution in [0.5, 0.6) is 11.5 Å². The van der Waals surface area contributed by atoms with Crippen LogP contribution in [-0.2, 0) is 27.3 Å². The maximum Gasteiger partial charge on any atom is 0.408 e. The molecule has 3 aromatic rings. The first-order chi connectivity index (χ1) is 20.4. The number of amides is 3. The zero-order valence-corrected chi connectivity index (χ0v) is 25.6. The number of rotatable bonds is 12. The van der Waals surface area contributed by atoms with Gasteiger partial charge >= 0.3 is 6.09 Å². The summed E-state index contributed by atoms with van der Waals surface area (Å²) >= 11 is 0. The molecule has 0 fully saturated rings. The number of carbonyl (C=O) groups excluding carboxylic acids is 3. The molecule has 0 aromatic heterocycles. The standard InChI is InChI=1S/C34H43N3O6/c1-6-7-19-37(32(41)28(36-33(42)43-34(3,4)5)21-24-13-16-27(38)17-14-24)30(26-15-18-29(39)23(2)20-26)31(40)35-22-25-11-9-8-10-12-25/h8-18,20,28,30,38-39H,6-7,19,21-22H2,1-5H3,(H,35,40)(H,36,42). The Balaban J connectivity index is 2.03. The molecule has 0 aliphatic rings. The summed E-state index contributed by atoms with van der Waals surface area (Å²) in [6, 6.07) is 18.6. The lowest BCUT2D eigenvalue weighted by molar-refractivity contribution is -0.142. The summed E-state index contributed by atoms with van der Waals surface area (Å²) in [5, 5.41) is 25.7. The van der Waals surface area contributed by atoms with E-state index >= 15 is 0 Å². The molecule has 43 heavy (non-hydrogen) atoms. The molecule has 4 N–H and O–H groups in total. The summed E-state index contributed by atoms with van der Waals surface area (Å²) in [5.41, 5.74) is 1.91. The summed E-state index contributed by atoms with van der Waals surface area (Å²) in [5.74, 6) is -0.693. The molecule has 0 aliphatic carbocycles. The number of hydrogen-bond acceptors (Lipinski definition) is 6. The molecule has 0 bridgehead atoms. The van der Waals surface area contributed by atoms with Crippen LogP contribution >= 0.6 is 0 Å². The van der Waals surface area contributed by atoms with Gasteiger partial charge in [0.2, 0.25) is 11.8 Å². The molecule has 0 heterocycles. The highest BCUT2D eigenvalue weighted by atomic mass is 16.6. The number of benzene rings is 3. The number of phenolic OH excluding ortho intramolecular Hbond substituents is 2. The molecule has 9 nitrogen and oxygen atoms in total. The number of aromatic hydroxyl groups is 2. The molecule has 0 saturated carbocycles. The quantitative estimate of drug-likeness (QED) is 0.220. The highest BCUT2D eigenvalue weighted by molar-refractivity contribution is 5.92. The molecule has 3 amide bonds. The Hall–Kier alpha value is -4.53. The topological polar surface area (TPSA) is 128 Å². The van der Waals surface area contributed by atoms with Gasteiger partial charge in [-0.2, -0.15) is 0 Å². The number of aryl methyl sites for hydroxylation is 1. The van der Waals surface area contributed by atoms with Crippen molar-refractivity contribution in [2.45, 2.75) is 78.1 Å². The predicted octanol–water partition coefficient (Wildman–Crippen LogP) is 5.53. The van der Waals surface area contributed by atoms with Gasteiger partial charge in [0.25, 0.3) is 0 Å². The van der Waals surface area contributed by atoms with Crippen LogP contribution in [0.2, 0.25) is 0 Å². The van der Waals surface area contributed by atoms with E-state index in [2.05, 4.69) is 10.6 Å². The Labute approximate surface area is 253 Å². The molecule has 0 saturated heterocycles. The van der Waals surface area contributed by atoms with Crippen LogP contribution in [0.1, 0.15) is 68.8 Å². The highest BCUT2D eigenvalue weighted by Crippen LogP contribution is 2.28. The number of phenols is 2. The fraction of sp³-hybridized carbons (Fsp3) is 0.382. The monoisotopic (exact) mass is 589 g/mol. The maximum absolute atomic E-state index is 14.4. The van der Waals surface area contributed by atoms with Gasteiger partial charge in [-0.25, -0.2) is 4.79 Å². The number of nitrogens with one attached hydrogen (secondary N) is 2. The van der Waals surface area contributed by atoms with E-state index < -0.39 is 29.7 Å². The summed E-state index contributed by atoms with van der Waals surface area (Å²) in [6.07, 6.45) is 0.724. The summed E-state index contributed by atoms with van der Waals surface area (Å²) in [6.45, 7) is 9.43. The second kappa shape index (κ2) is 15.1. The number of alkyl carbamates (subject to hydrolysis) is 1. The molecule has 3 aromatic carbocycles. The smallest absolute Gasteiger partial charge is 0.408 e. The first-order valence-corrected chi connectivity index (χ1v) is 14.6. The molecular weight excluding hydrogens is 546 g/mol. The summed E-state index contributed by atoms with van der Waals surface area (Å²) < 4.78 is 5.48. The Bertz CT molecular complexity index is 1370. The van der Waals surface area contributed by atoms with Crippen LogP contribution in [-0.4, -0.2) is 51.2 Å². The van der Waals surface area contributed by atoms with E-state index in [1.54, 1.807) is 52.0 Å². The van der Waals surface area contributed by atoms with Gasteiger partial charge < -0.3 is 30.5 Å². The lowest BCUT2D eigenvalue weighted by Gasteiger charge is -2.35. The van der Waals surface area contributed by atoms with Crippen LogP contribution in [0.4, 0.5) is 4.79 Å². The summed E-state index contributed by atoms with van der Waals surface area (Å²) in [4.78, 5) is 42.8. The minimum absolute atomic E-state index is 0.0779. The van der Waals surface area contributed by atoms with Crippen LogP contribution in [0, 0.1) is 6.92 Å². The van der Waals surface area contributed by atoms with Crippen molar-refractivity contribution in [2.24, 2.45) is 0 Å². The molecule has 0 aliphatic heterocycles.